The summed E-state index contributed by atoms with van der Waals surface area (Å²) in [4.78, 5) is 15.5. The summed E-state index contributed by atoms with van der Waals surface area (Å²) in [5, 5.41) is 5.35. The summed E-state index contributed by atoms with van der Waals surface area (Å²) in [6, 6.07) is 78.1. The molecule has 67 heavy (non-hydrogen) atoms. The monoisotopic (exact) mass is 895 g/mol. The number of benzene rings is 9. The topological polar surface area (TPSA) is 38.7 Å². The molecule has 0 radical (unpaired) electrons. The van der Waals surface area contributed by atoms with E-state index in [9.17, 15) is 0 Å². The first-order chi connectivity index (χ1) is 32.4. The number of rotatable bonds is 9. The van der Waals surface area contributed by atoms with Crippen LogP contribution in [0, 0.1) is 0 Å². The summed E-state index contributed by atoms with van der Waals surface area (Å²) in [6.07, 6.45) is 0. The molecule has 0 amide bonds. The highest BCUT2D eigenvalue weighted by molar-refractivity contribution is 6.89. The van der Waals surface area contributed by atoms with Crippen LogP contribution in [0.1, 0.15) is 22.3 Å². The van der Waals surface area contributed by atoms with Crippen molar-refractivity contribution in [2.45, 2.75) is 44.7 Å². The van der Waals surface area contributed by atoms with E-state index in [4.69, 9.17) is 15.0 Å². The van der Waals surface area contributed by atoms with Crippen molar-refractivity contribution in [1.29, 1.82) is 0 Å². The van der Waals surface area contributed by atoms with Crippen molar-refractivity contribution in [2.24, 2.45) is 0 Å². The van der Waals surface area contributed by atoms with Gasteiger partial charge >= 0.3 is 0 Å². The van der Waals surface area contributed by atoms with E-state index in [2.05, 4.69) is 252 Å². The van der Waals surface area contributed by atoms with Gasteiger partial charge in [-0.1, -0.05) is 244 Å². The van der Waals surface area contributed by atoms with Crippen molar-refractivity contribution in [2.75, 3.05) is 0 Å². The first-order valence-electron chi connectivity index (χ1n) is 23.4. The molecule has 1 aromatic heterocycles. The summed E-state index contributed by atoms with van der Waals surface area (Å²) in [5.41, 5.74) is 14.7. The lowest BCUT2D eigenvalue weighted by atomic mass is 9.67. The van der Waals surface area contributed by atoms with E-state index in [1.165, 1.54) is 60.1 Å². The number of aromatic nitrogens is 3. The van der Waals surface area contributed by atoms with Crippen LogP contribution in [0.3, 0.4) is 0 Å². The third-order valence-electron chi connectivity index (χ3n) is 13.7. The lowest BCUT2D eigenvalue weighted by Gasteiger charge is -2.34. The number of fused-ring (bicyclic) bond motifs is 5. The van der Waals surface area contributed by atoms with Crippen LogP contribution >= 0.6 is 0 Å². The first-order valence-corrected chi connectivity index (χ1v) is 30.4. The molecule has 9 aromatic carbocycles. The van der Waals surface area contributed by atoms with Gasteiger partial charge in [0.1, 0.15) is 0 Å². The number of hydrogen-bond donors (Lipinski definition) is 0. The molecule has 0 N–H and O–H groups in total. The van der Waals surface area contributed by atoms with Crippen LogP contribution in [0.25, 0.3) is 78.3 Å². The molecule has 0 saturated heterocycles. The van der Waals surface area contributed by atoms with E-state index in [1.54, 1.807) is 0 Å². The van der Waals surface area contributed by atoms with Crippen LogP contribution in [0.5, 0.6) is 0 Å². The second-order valence-corrected chi connectivity index (χ2v) is 30.2. The Morgan fingerprint density at radius 3 is 1.28 bits per heavy atom. The van der Waals surface area contributed by atoms with E-state index in [0.29, 0.717) is 17.5 Å². The maximum atomic E-state index is 5.18. The third kappa shape index (κ3) is 7.58. The third-order valence-corrected chi connectivity index (χ3v) is 17.9. The Bertz CT molecular complexity index is 3340. The van der Waals surface area contributed by atoms with Gasteiger partial charge in [-0.15, -0.1) is 0 Å². The Labute approximate surface area is 397 Å². The molecule has 5 heteroatoms. The fourth-order valence-corrected chi connectivity index (χ4v) is 12.5. The average molecular weight is 896 g/mol. The molecule has 324 valence electrons. The molecular weight excluding hydrogens is 843 g/mol. The van der Waals surface area contributed by atoms with Gasteiger partial charge in [-0.2, -0.15) is 0 Å². The zero-order chi connectivity index (χ0) is 45.9. The maximum Gasteiger partial charge on any atom is 0.164 e. The summed E-state index contributed by atoms with van der Waals surface area (Å²) in [7, 11) is -2.96. The Kier molecular flexibility index (Phi) is 10.4. The van der Waals surface area contributed by atoms with Crippen LogP contribution < -0.4 is 10.4 Å². The Balaban J connectivity index is 1.02. The van der Waals surface area contributed by atoms with Crippen molar-refractivity contribution in [3.63, 3.8) is 0 Å². The molecule has 0 atom stereocenters. The molecule has 1 aliphatic rings. The van der Waals surface area contributed by atoms with Gasteiger partial charge in [0.2, 0.25) is 0 Å². The molecule has 0 fully saturated rings. The van der Waals surface area contributed by atoms with Gasteiger partial charge in [0.05, 0.1) is 21.6 Å². The lowest BCUT2D eigenvalue weighted by Crippen LogP contribution is -2.37. The van der Waals surface area contributed by atoms with Gasteiger partial charge < -0.3 is 0 Å². The summed E-state index contributed by atoms with van der Waals surface area (Å²) in [6.45, 7) is 14.3. The molecule has 0 unspecified atom stereocenters. The van der Waals surface area contributed by atoms with Gasteiger partial charge in [-0.3, -0.25) is 0 Å². The van der Waals surface area contributed by atoms with E-state index in [0.717, 1.165) is 33.4 Å². The highest BCUT2D eigenvalue weighted by atomic mass is 28.3. The van der Waals surface area contributed by atoms with Crippen molar-refractivity contribution in [3.8, 4) is 67.5 Å². The lowest BCUT2D eigenvalue weighted by molar-refractivity contribution is 0.769. The maximum absolute atomic E-state index is 5.18. The van der Waals surface area contributed by atoms with Crippen LogP contribution in [0.2, 0.25) is 39.3 Å². The van der Waals surface area contributed by atoms with E-state index >= 15 is 0 Å². The van der Waals surface area contributed by atoms with Crippen molar-refractivity contribution in [3.05, 3.63) is 235 Å². The quantitative estimate of drug-likeness (QED) is 0.136. The molecule has 0 saturated carbocycles. The molecule has 0 bridgehead atoms. The largest absolute Gasteiger partial charge is 0.208 e. The van der Waals surface area contributed by atoms with Gasteiger partial charge in [-0.25, -0.2) is 15.0 Å². The van der Waals surface area contributed by atoms with Gasteiger partial charge in [0, 0.05) is 16.7 Å². The van der Waals surface area contributed by atoms with Crippen LogP contribution in [0.4, 0.5) is 0 Å². The highest BCUT2D eigenvalue weighted by Gasteiger charge is 2.46. The summed E-state index contributed by atoms with van der Waals surface area (Å²) in [5.74, 6) is 2.01. The second kappa shape index (κ2) is 16.5. The van der Waals surface area contributed by atoms with Crippen molar-refractivity contribution < 1.29 is 0 Å². The first kappa shape index (κ1) is 42.3. The van der Waals surface area contributed by atoms with Crippen LogP contribution in [-0.2, 0) is 5.41 Å². The zero-order valence-electron chi connectivity index (χ0n) is 39.0. The predicted molar refractivity (Wildman–Crippen MR) is 288 cm³/mol. The van der Waals surface area contributed by atoms with Crippen LogP contribution in [0.15, 0.2) is 212 Å². The minimum atomic E-state index is -1.48. The molecule has 11 rings (SSSR count). The minimum Gasteiger partial charge on any atom is -0.208 e. The predicted octanol–water partition coefficient (Wildman–Crippen LogP) is 14.8. The molecule has 3 nitrogen and oxygen atoms in total. The standard InChI is InChI=1S/C62H53N3Si2/c1-66(2,3)52-33-27-43(28-34-52)59-63-60(44-29-35-53(36-30-44)67(4,5)6)65-61(64-59)49-21-16-20-47(40-49)45-18-15-19-46(39-45)48-31-37-55-57(41-48)62(50-22-9-7-10-23-50,51-24-11-8-12-25-51)56-38-32-42-17-13-14-26-54(42)58(55)56/h7-41H,1-6H3. The van der Waals surface area contributed by atoms with Crippen molar-refractivity contribution in [1.82, 2.24) is 15.0 Å². The van der Waals surface area contributed by atoms with E-state index in [-0.39, 0.29) is 0 Å². The van der Waals surface area contributed by atoms with Gasteiger partial charge in [-0.05, 0) is 84.6 Å². The van der Waals surface area contributed by atoms with E-state index in [1.807, 2.05) is 0 Å². The van der Waals surface area contributed by atoms with Gasteiger partial charge in [0.25, 0.3) is 0 Å². The molecular formula is C62H53N3Si2. The van der Waals surface area contributed by atoms with Gasteiger partial charge in [0.15, 0.2) is 17.5 Å². The Morgan fingerprint density at radius 1 is 0.328 bits per heavy atom. The molecule has 0 spiro atoms. The second-order valence-electron chi connectivity index (χ2n) is 20.1. The normalized spacial score (nSPS) is 13.0. The fourth-order valence-electron chi connectivity index (χ4n) is 10.2. The smallest absolute Gasteiger partial charge is 0.164 e. The fraction of sp³-hybridized carbons (Fsp3) is 0.113. The number of nitrogens with zero attached hydrogens (tertiary/aromatic N) is 3. The van der Waals surface area contributed by atoms with Crippen molar-refractivity contribution >= 4 is 37.3 Å². The zero-order valence-corrected chi connectivity index (χ0v) is 41.0. The highest BCUT2D eigenvalue weighted by Crippen LogP contribution is 2.58. The SMILES string of the molecule is C[Si](C)(C)c1ccc(-c2nc(-c3ccc([Si](C)(C)C)cc3)nc(-c3cccc(-c4cccc(-c5ccc6c(c5)C(c5ccccc5)(c5ccccc5)c5ccc7ccccc7c5-6)c4)c3)n2)cc1. The average Bonchev–Trinajstić information content (AvgIpc) is 3.67. The minimum absolute atomic E-state index is 0.506. The summed E-state index contributed by atoms with van der Waals surface area (Å²) < 4.78 is 0. The Hall–Kier alpha value is -7.32. The number of hydrogen-bond acceptors (Lipinski definition) is 3. The van der Waals surface area contributed by atoms with Crippen LogP contribution in [-0.4, -0.2) is 31.1 Å². The molecule has 10 aromatic rings. The molecule has 1 heterocycles. The molecule has 1 aliphatic carbocycles. The molecule has 0 aliphatic heterocycles. The van der Waals surface area contributed by atoms with E-state index < -0.39 is 21.6 Å². The summed E-state index contributed by atoms with van der Waals surface area (Å²) >= 11 is 0. The Morgan fingerprint density at radius 2 is 0.761 bits per heavy atom.